The molecule has 0 radical (unpaired) electrons. The van der Waals surface area contributed by atoms with E-state index in [1.54, 1.807) is 6.07 Å². The Morgan fingerprint density at radius 1 is 1.59 bits per heavy atom. The molecule has 2 rings (SSSR count). The molecule has 4 nitrogen and oxygen atoms in total. The van der Waals surface area contributed by atoms with Gasteiger partial charge >= 0.3 is 0 Å². The summed E-state index contributed by atoms with van der Waals surface area (Å²) in [6.07, 6.45) is 2.35. The predicted octanol–water partition coefficient (Wildman–Crippen LogP) is 2.01. The summed E-state index contributed by atoms with van der Waals surface area (Å²) in [4.78, 5) is 0. The smallest absolute Gasteiger partial charge is 0.167 e. The number of benzene rings is 1. The van der Waals surface area contributed by atoms with Crippen LogP contribution in [0.25, 0.3) is 0 Å². The average Bonchev–Trinajstić information content (AvgIpc) is 2.81. The van der Waals surface area contributed by atoms with Crippen LogP contribution in [0.1, 0.15) is 12.8 Å². The first kappa shape index (κ1) is 12.0. The highest BCUT2D eigenvalue weighted by molar-refractivity contribution is 5.68. The van der Waals surface area contributed by atoms with Crippen LogP contribution < -0.4 is 15.8 Å². The Morgan fingerprint density at radius 3 is 3.06 bits per heavy atom. The Labute approximate surface area is 99.9 Å². The van der Waals surface area contributed by atoms with Gasteiger partial charge in [-0.15, -0.1) is 0 Å². The van der Waals surface area contributed by atoms with Gasteiger partial charge < -0.3 is 20.5 Å². The first-order valence-electron chi connectivity index (χ1n) is 5.69. The van der Waals surface area contributed by atoms with E-state index in [1.165, 1.54) is 13.2 Å². The van der Waals surface area contributed by atoms with Crippen molar-refractivity contribution < 1.29 is 13.9 Å². The van der Waals surface area contributed by atoms with Crippen molar-refractivity contribution in [3.63, 3.8) is 0 Å². The second-order valence-corrected chi connectivity index (χ2v) is 4.09. The lowest BCUT2D eigenvalue weighted by Gasteiger charge is -2.14. The van der Waals surface area contributed by atoms with Crippen molar-refractivity contribution in [2.24, 2.45) is 0 Å². The van der Waals surface area contributed by atoms with E-state index in [4.69, 9.17) is 15.2 Å². The number of halogens is 1. The normalized spacial score (nSPS) is 19.3. The molecule has 1 aliphatic rings. The van der Waals surface area contributed by atoms with E-state index in [0.717, 1.165) is 19.4 Å². The largest absolute Gasteiger partial charge is 0.494 e. The molecule has 5 heteroatoms. The molecule has 1 aliphatic heterocycles. The third-order valence-corrected chi connectivity index (χ3v) is 2.87. The van der Waals surface area contributed by atoms with Gasteiger partial charge in [-0.25, -0.2) is 4.39 Å². The maximum absolute atomic E-state index is 13.3. The molecule has 1 heterocycles. The maximum atomic E-state index is 13.3. The SMILES string of the molecule is COc1cc(NCC2CCCO2)c(N)cc1F. The number of anilines is 2. The lowest BCUT2D eigenvalue weighted by Crippen LogP contribution is -2.19. The van der Waals surface area contributed by atoms with Gasteiger partial charge in [0, 0.05) is 25.3 Å². The van der Waals surface area contributed by atoms with Crippen LogP contribution in [0.4, 0.5) is 15.8 Å². The van der Waals surface area contributed by atoms with Gasteiger partial charge in [-0.05, 0) is 12.8 Å². The molecule has 3 N–H and O–H groups in total. The zero-order valence-corrected chi connectivity index (χ0v) is 9.83. The van der Waals surface area contributed by atoms with Gasteiger partial charge in [0.05, 0.1) is 24.6 Å². The molecule has 1 aromatic rings. The summed E-state index contributed by atoms with van der Waals surface area (Å²) in [6.45, 7) is 1.49. The molecule has 0 aromatic heterocycles. The predicted molar refractivity (Wildman–Crippen MR) is 64.8 cm³/mol. The lowest BCUT2D eigenvalue weighted by molar-refractivity contribution is 0.120. The summed E-state index contributed by atoms with van der Waals surface area (Å²) in [6, 6.07) is 2.83. The van der Waals surface area contributed by atoms with Crippen LogP contribution in [0.3, 0.4) is 0 Å². The zero-order valence-electron chi connectivity index (χ0n) is 9.83. The summed E-state index contributed by atoms with van der Waals surface area (Å²) in [7, 11) is 1.43. The van der Waals surface area contributed by atoms with Crippen molar-refractivity contribution in [2.45, 2.75) is 18.9 Å². The standard InChI is InChI=1S/C12H17FN2O2/c1-16-12-6-11(10(14)5-9(12)13)15-7-8-3-2-4-17-8/h5-6,8,15H,2-4,7,14H2,1H3. The Balaban J connectivity index is 2.03. The first-order valence-corrected chi connectivity index (χ1v) is 5.69. The topological polar surface area (TPSA) is 56.5 Å². The first-order chi connectivity index (χ1) is 8.20. The molecule has 0 saturated carbocycles. The van der Waals surface area contributed by atoms with Gasteiger partial charge in [0.15, 0.2) is 11.6 Å². The van der Waals surface area contributed by atoms with E-state index in [-0.39, 0.29) is 11.9 Å². The van der Waals surface area contributed by atoms with E-state index in [0.29, 0.717) is 17.9 Å². The highest BCUT2D eigenvalue weighted by Crippen LogP contribution is 2.28. The number of rotatable bonds is 4. The van der Waals surface area contributed by atoms with Gasteiger partial charge in [0.1, 0.15) is 0 Å². The van der Waals surface area contributed by atoms with Gasteiger partial charge in [-0.2, -0.15) is 0 Å². The van der Waals surface area contributed by atoms with Crippen molar-refractivity contribution in [3.8, 4) is 5.75 Å². The van der Waals surface area contributed by atoms with E-state index >= 15 is 0 Å². The van der Waals surface area contributed by atoms with E-state index in [1.807, 2.05) is 0 Å². The number of ether oxygens (including phenoxy) is 2. The quantitative estimate of drug-likeness (QED) is 0.790. The van der Waals surface area contributed by atoms with Crippen molar-refractivity contribution in [2.75, 3.05) is 31.3 Å². The third-order valence-electron chi connectivity index (χ3n) is 2.87. The van der Waals surface area contributed by atoms with Crippen molar-refractivity contribution >= 4 is 11.4 Å². The summed E-state index contributed by atoms with van der Waals surface area (Å²) in [5.74, 6) is -0.262. The molecule has 1 aromatic carbocycles. The highest BCUT2D eigenvalue weighted by Gasteiger charge is 2.16. The van der Waals surface area contributed by atoms with Crippen LogP contribution in [0.5, 0.6) is 5.75 Å². The second-order valence-electron chi connectivity index (χ2n) is 4.09. The van der Waals surface area contributed by atoms with Crippen LogP contribution in [-0.4, -0.2) is 26.4 Å². The zero-order chi connectivity index (χ0) is 12.3. The summed E-state index contributed by atoms with van der Waals surface area (Å²) in [5, 5.41) is 3.16. The van der Waals surface area contributed by atoms with Crippen LogP contribution in [0.15, 0.2) is 12.1 Å². The molecule has 1 unspecified atom stereocenters. The lowest BCUT2D eigenvalue weighted by atomic mass is 10.2. The molecule has 0 bridgehead atoms. The molecule has 1 fully saturated rings. The molecule has 94 valence electrons. The van der Waals surface area contributed by atoms with E-state index in [9.17, 15) is 4.39 Å². The second kappa shape index (κ2) is 5.23. The third kappa shape index (κ3) is 2.79. The summed E-state index contributed by atoms with van der Waals surface area (Å²) in [5.41, 5.74) is 6.79. The summed E-state index contributed by atoms with van der Waals surface area (Å²) < 4.78 is 23.7. The van der Waals surface area contributed by atoms with Crippen LogP contribution in [0.2, 0.25) is 0 Å². The monoisotopic (exact) mass is 240 g/mol. The maximum Gasteiger partial charge on any atom is 0.167 e. The van der Waals surface area contributed by atoms with Gasteiger partial charge in [-0.3, -0.25) is 0 Å². The highest BCUT2D eigenvalue weighted by atomic mass is 19.1. The molecule has 0 spiro atoms. The van der Waals surface area contributed by atoms with Crippen molar-refractivity contribution in [1.29, 1.82) is 0 Å². The minimum atomic E-state index is -0.451. The van der Waals surface area contributed by atoms with Gasteiger partial charge in [0.25, 0.3) is 0 Å². The minimum absolute atomic E-state index is 0.189. The minimum Gasteiger partial charge on any atom is -0.494 e. The number of methoxy groups -OCH3 is 1. The number of hydrogen-bond acceptors (Lipinski definition) is 4. The van der Waals surface area contributed by atoms with Crippen LogP contribution in [-0.2, 0) is 4.74 Å². The summed E-state index contributed by atoms with van der Waals surface area (Å²) >= 11 is 0. The van der Waals surface area contributed by atoms with E-state index < -0.39 is 5.82 Å². The molecular weight excluding hydrogens is 223 g/mol. The Hall–Kier alpha value is -1.49. The molecule has 1 saturated heterocycles. The molecule has 17 heavy (non-hydrogen) atoms. The van der Waals surface area contributed by atoms with Crippen LogP contribution in [0, 0.1) is 5.82 Å². The Morgan fingerprint density at radius 2 is 2.41 bits per heavy atom. The van der Waals surface area contributed by atoms with Crippen molar-refractivity contribution in [3.05, 3.63) is 17.9 Å². The molecule has 1 atom stereocenters. The number of nitrogen functional groups attached to an aromatic ring is 1. The fourth-order valence-corrected chi connectivity index (χ4v) is 1.91. The van der Waals surface area contributed by atoms with Gasteiger partial charge in [0.2, 0.25) is 0 Å². The molecule has 0 amide bonds. The fourth-order valence-electron chi connectivity index (χ4n) is 1.91. The number of nitrogens with one attached hydrogen (secondary N) is 1. The molecule has 0 aliphatic carbocycles. The number of hydrogen-bond donors (Lipinski definition) is 2. The molecular formula is C12H17FN2O2. The van der Waals surface area contributed by atoms with Gasteiger partial charge in [-0.1, -0.05) is 0 Å². The Bertz CT molecular complexity index is 392. The van der Waals surface area contributed by atoms with Crippen molar-refractivity contribution in [1.82, 2.24) is 0 Å². The number of nitrogens with two attached hydrogens (primary N) is 1. The Kier molecular flexibility index (Phi) is 3.68. The van der Waals surface area contributed by atoms with Crippen LogP contribution >= 0.6 is 0 Å². The fraction of sp³-hybridized carbons (Fsp3) is 0.500. The average molecular weight is 240 g/mol. The van der Waals surface area contributed by atoms with E-state index in [2.05, 4.69) is 5.32 Å².